The fourth-order valence-electron chi connectivity index (χ4n) is 5.08. The summed E-state index contributed by atoms with van der Waals surface area (Å²) in [5.74, 6) is -0.414. The summed E-state index contributed by atoms with van der Waals surface area (Å²) in [5, 5.41) is 5.73. The Kier molecular flexibility index (Phi) is 8.77. The molecule has 0 aliphatic carbocycles. The van der Waals surface area contributed by atoms with Crippen LogP contribution in [-0.4, -0.2) is 56.9 Å². The molecule has 0 radical (unpaired) electrons. The maximum absolute atomic E-state index is 13.3. The van der Waals surface area contributed by atoms with Crippen molar-refractivity contribution in [1.82, 2.24) is 14.9 Å². The minimum absolute atomic E-state index is 0.0781. The predicted octanol–water partition coefficient (Wildman–Crippen LogP) is 2.84. The fraction of sp³-hybridized carbons (Fsp3) is 0.481. The van der Waals surface area contributed by atoms with Gasteiger partial charge in [-0.2, -0.15) is 4.72 Å². The van der Waals surface area contributed by atoms with Gasteiger partial charge in [0.05, 0.1) is 4.90 Å². The van der Waals surface area contributed by atoms with Crippen molar-refractivity contribution < 1.29 is 18.0 Å². The highest BCUT2D eigenvalue weighted by molar-refractivity contribution is 7.89. The molecule has 0 aromatic heterocycles. The Morgan fingerprint density at radius 2 is 1.94 bits per heavy atom. The maximum atomic E-state index is 13.3. The van der Waals surface area contributed by atoms with Crippen molar-refractivity contribution in [3.05, 3.63) is 59.7 Å². The smallest absolute Gasteiger partial charge is 0.241 e. The van der Waals surface area contributed by atoms with E-state index in [1.807, 2.05) is 30.3 Å². The molecule has 4 rings (SSSR count). The minimum atomic E-state index is -3.96. The first-order valence-corrected chi connectivity index (χ1v) is 14.3. The highest BCUT2D eigenvalue weighted by Crippen LogP contribution is 2.25. The van der Waals surface area contributed by atoms with E-state index in [1.54, 1.807) is 12.1 Å². The number of aryl methyl sites for hydroxylation is 1. The summed E-state index contributed by atoms with van der Waals surface area (Å²) < 4.78 is 29.2. The number of likely N-dealkylation sites (tertiary alicyclic amines) is 1. The average molecular weight is 513 g/mol. The number of fused-ring (bicyclic) bond motifs is 1. The summed E-state index contributed by atoms with van der Waals surface area (Å²) in [6.07, 6.45) is 5.74. The molecule has 2 amide bonds. The SMILES string of the molecule is CCC1CCCCN1CCNC(=O)C(Cc1ccccc1)NS(=O)(=O)c1ccc2c(c1)CCC(=O)N2. The van der Waals surface area contributed by atoms with E-state index in [0.29, 0.717) is 31.1 Å². The van der Waals surface area contributed by atoms with Crippen LogP contribution in [0.3, 0.4) is 0 Å². The number of rotatable bonds is 10. The van der Waals surface area contributed by atoms with Gasteiger partial charge in [0.2, 0.25) is 21.8 Å². The monoisotopic (exact) mass is 512 g/mol. The van der Waals surface area contributed by atoms with Crippen molar-refractivity contribution in [2.75, 3.05) is 25.0 Å². The van der Waals surface area contributed by atoms with Gasteiger partial charge in [-0.05, 0) is 68.0 Å². The molecular weight excluding hydrogens is 476 g/mol. The number of carbonyl (C=O) groups excluding carboxylic acids is 2. The van der Waals surface area contributed by atoms with Gasteiger partial charge in [-0.25, -0.2) is 8.42 Å². The number of benzene rings is 2. The van der Waals surface area contributed by atoms with Gasteiger partial charge in [0.15, 0.2) is 0 Å². The first-order chi connectivity index (χ1) is 17.4. The molecule has 36 heavy (non-hydrogen) atoms. The van der Waals surface area contributed by atoms with Crippen molar-refractivity contribution in [2.24, 2.45) is 0 Å². The number of anilines is 1. The summed E-state index contributed by atoms with van der Waals surface area (Å²) in [6, 6.07) is 13.6. The van der Waals surface area contributed by atoms with Crippen molar-refractivity contribution in [3.63, 3.8) is 0 Å². The van der Waals surface area contributed by atoms with E-state index >= 15 is 0 Å². The molecule has 2 aliphatic heterocycles. The van der Waals surface area contributed by atoms with E-state index in [-0.39, 0.29) is 23.1 Å². The lowest BCUT2D eigenvalue weighted by Crippen LogP contribution is -2.50. The third-order valence-electron chi connectivity index (χ3n) is 7.10. The highest BCUT2D eigenvalue weighted by atomic mass is 32.2. The van der Waals surface area contributed by atoms with Crippen LogP contribution in [0, 0.1) is 0 Å². The second kappa shape index (κ2) is 12.0. The Bertz CT molecular complexity index is 1170. The highest BCUT2D eigenvalue weighted by Gasteiger charge is 2.28. The Balaban J connectivity index is 1.46. The summed E-state index contributed by atoms with van der Waals surface area (Å²) in [4.78, 5) is 27.4. The van der Waals surface area contributed by atoms with Gasteiger partial charge >= 0.3 is 0 Å². The maximum Gasteiger partial charge on any atom is 0.241 e. The summed E-state index contributed by atoms with van der Waals surface area (Å²) >= 11 is 0. The van der Waals surface area contributed by atoms with Gasteiger partial charge in [0.1, 0.15) is 6.04 Å². The number of sulfonamides is 1. The van der Waals surface area contributed by atoms with Crippen molar-refractivity contribution in [2.45, 2.75) is 68.8 Å². The van der Waals surface area contributed by atoms with Crippen LogP contribution in [0.5, 0.6) is 0 Å². The van der Waals surface area contributed by atoms with Crippen molar-refractivity contribution in [1.29, 1.82) is 0 Å². The van der Waals surface area contributed by atoms with E-state index in [9.17, 15) is 18.0 Å². The van der Waals surface area contributed by atoms with Crippen LogP contribution < -0.4 is 15.4 Å². The summed E-state index contributed by atoms with van der Waals surface area (Å²) in [5.41, 5.74) is 2.27. The Morgan fingerprint density at radius 1 is 1.14 bits per heavy atom. The zero-order chi connectivity index (χ0) is 25.5. The topological polar surface area (TPSA) is 108 Å². The van der Waals surface area contributed by atoms with Gasteiger partial charge in [-0.15, -0.1) is 0 Å². The van der Waals surface area contributed by atoms with Crippen LogP contribution in [0.1, 0.15) is 50.2 Å². The molecule has 0 spiro atoms. The second-order valence-corrected chi connectivity index (χ2v) is 11.3. The first kappa shape index (κ1) is 26.3. The number of hydrogen-bond donors (Lipinski definition) is 3. The van der Waals surface area contributed by atoms with Gasteiger partial charge < -0.3 is 10.6 Å². The van der Waals surface area contributed by atoms with Crippen LogP contribution in [-0.2, 0) is 32.5 Å². The molecule has 9 heteroatoms. The molecule has 3 N–H and O–H groups in total. The fourth-order valence-corrected chi connectivity index (χ4v) is 6.33. The van der Waals surface area contributed by atoms with E-state index in [2.05, 4.69) is 27.2 Å². The Labute approximate surface area is 213 Å². The van der Waals surface area contributed by atoms with Crippen molar-refractivity contribution in [3.8, 4) is 0 Å². The molecule has 0 bridgehead atoms. The van der Waals surface area contributed by atoms with Crippen LogP contribution in [0.25, 0.3) is 0 Å². The minimum Gasteiger partial charge on any atom is -0.353 e. The van der Waals surface area contributed by atoms with Crippen molar-refractivity contribution >= 4 is 27.5 Å². The summed E-state index contributed by atoms with van der Waals surface area (Å²) in [6.45, 7) is 4.46. The Morgan fingerprint density at radius 3 is 2.72 bits per heavy atom. The van der Waals surface area contributed by atoms with Gasteiger partial charge in [-0.1, -0.05) is 43.7 Å². The van der Waals surface area contributed by atoms with Gasteiger partial charge in [0, 0.05) is 31.2 Å². The first-order valence-electron chi connectivity index (χ1n) is 12.9. The second-order valence-electron chi connectivity index (χ2n) is 9.62. The molecule has 2 aliphatic rings. The van der Waals surface area contributed by atoms with Crippen LogP contribution >= 0.6 is 0 Å². The number of nitrogens with one attached hydrogen (secondary N) is 3. The molecule has 8 nitrogen and oxygen atoms in total. The number of piperidine rings is 1. The molecule has 2 aromatic rings. The van der Waals surface area contributed by atoms with Crippen LogP contribution in [0.2, 0.25) is 0 Å². The number of carbonyl (C=O) groups is 2. The Hall–Kier alpha value is -2.75. The van der Waals surface area contributed by atoms with E-state index in [1.165, 1.54) is 25.3 Å². The molecule has 2 aromatic carbocycles. The molecule has 2 atom stereocenters. The van der Waals surface area contributed by atoms with Crippen LogP contribution in [0.4, 0.5) is 5.69 Å². The number of nitrogens with zero attached hydrogens (tertiary/aromatic N) is 1. The molecule has 2 heterocycles. The quantitative estimate of drug-likeness (QED) is 0.454. The largest absolute Gasteiger partial charge is 0.353 e. The normalized spacial score (nSPS) is 19.2. The zero-order valence-electron chi connectivity index (χ0n) is 20.8. The zero-order valence-corrected chi connectivity index (χ0v) is 21.6. The summed E-state index contributed by atoms with van der Waals surface area (Å²) in [7, 11) is -3.96. The average Bonchev–Trinajstić information content (AvgIpc) is 2.88. The third-order valence-corrected chi connectivity index (χ3v) is 8.57. The lowest BCUT2D eigenvalue weighted by molar-refractivity contribution is -0.122. The molecule has 1 saturated heterocycles. The standard InChI is InChI=1S/C27H36N4O4S/c1-2-22-10-6-7-16-31(22)17-15-28-27(33)25(18-20-8-4-3-5-9-20)30-36(34,35)23-12-13-24-21(19-23)11-14-26(32)29-24/h3-5,8-9,12-13,19,22,25,30H,2,6-7,10-11,14-18H2,1H3,(H,28,33)(H,29,32). The molecule has 194 valence electrons. The molecular formula is C27H36N4O4S. The van der Waals surface area contributed by atoms with Gasteiger partial charge in [0.25, 0.3) is 0 Å². The lowest BCUT2D eigenvalue weighted by atomic mass is 10.0. The number of hydrogen-bond acceptors (Lipinski definition) is 5. The molecule has 0 saturated carbocycles. The van der Waals surface area contributed by atoms with Gasteiger partial charge in [-0.3, -0.25) is 14.5 Å². The van der Waals surface area contributed by atoms with Crippen LogP contribution in [0.15, 0.2) is 53.4 Å². The number of amides is 2. The lowest BCUT2D eigenvalue weighted by Gasteiger charge is -2.35. The third kappa shape index (κ3) is 6.72. The predicted molar refractivity (Wildman–Crippen MR) is 140 cm³/mol. The van der Waals surface area contributed by atoms with E-state index in [4.69, 9.17) is 0 Å². The van der Waals surface area contributed by atoms with E-state index in [0.717, 1.165) is 30.6 Å². The van der Waals surface area contributed by atoms with E-state index < -0.39 is 16.1 Å². The molecule has 2 unspecified atom stereocenters. The molecule has 1 fully saturated rings.